The molecule has 1 amide bonds. The van der Waals surface area contributed by atoms with E-state index in [1.807, 2.05) is 0 Å². The Morgan fingerprint density at radius 3 is 2.47 bits per heavy atom. The van der Waals surface area contributed by atoms with Gasteiger partial charge in [0.25, 0.3) is 0 Å². The molecule has 0 bridgehead atoms. The van der Waals surface area contributed by atoms with Crippen LogP contribution in [0.5, 0.6) is 0 Å². The van der Waals surface area contributed by atoms with Crippen LogP contribution in [0.15, 0.2) is 0 Å². The molecule has 0 spiro atoms. The highest BCUT2D eigenvalue weighted by atomic mass is 16.1. The van der Waals surface area contributed by atoms with Gasteiger partial charge in [0.05, 0.1) is 0 Å². The molecule has 1 rings (SSSR count). The van der Waals surface area contributed by atoms with E-state index in [9.17, 15) is 4.79 Å². The Bertz CT molecular complexity index is 198. The average Bonchev–Trinajstić information content (AvgIpc) is 2.60. The van der Waals surface area contributed by atoms with E-state index in [2.05, 4.69) is 17.6 Å². The number of hydrogen-bond acceptors (Lipinski definition) is 2. The number of unbranched alkanes of at least 4 members (excludes halogenated alkanes) is 1. The largest absolute Gasteiger partial charge is 0.355 e. The second-order valence-corrected chi connectivity index (χ2v) is 5.10. The van der Waals surface area contributed by atoms with Crippen molar-refractivity contribution in [3.8, 4) is 0 Å². The van der Waals surface area contributed by atoms with E-state index in [0.29, 0.717) is 12.5 Å². The predicted octanol–water partition coefficient (Wildman–Crippen LogP) is 2.61. The first-order valence-corrected chi connectivity index (χ1v) is 7.33. The maximum absolute atomic E-state index is 11.4. The quantitative estimate of drug-likeness (QED) is 0.530. The van der Waals surface area contributed by atoms with Crippen LogP contribution in [-0.4, -0.2) is 25.0 Å². The summed E-state index contributed by atoms with van der Waals surface area (Å²) in [6.45, 7) is 3.81. The Labute approximate surface area is 106 Å². The van der Waals surface area contributed by atoms with Gasteiger partial charge in [0.2, 0.25) is 5.91 Å². The van der Waals surface area contributed by atoms with Crippen molar-refractivity contribution in [2.45, 2.75) is 70.8 Å². The summed E-state index contributed by atoms with van der Waals surface area (Å²) in [6.07, 6.45) is 10.9. The van der Waals surface area contributed by atoms with Gasteiger partial charge in [-0.05, 0) is 19.3 Å². The van der Waals surface area contributed by atoms with Gasteiger partial charge in [-0.3, -0.25) is 4.79 Å². The number of nitrogens with one attached hydrogen (secondary N) is 2. The maximum Gasteiger partial charge on any atom is 0.220 e. The molecule has 0 aromatic carbocycles. The van der Waals surface area contributed by atoms with Crippen LogP contribution in [0.1, 0.15) is 64.7 Å². The summed E-state index contributed by atoms with van der Waals surface area (Å²) in [6, 6.07) is 0.685. The first-order chi connectivity index (χ1) is 8.33. The van der Waals surface area contributed by atoms with Gasteiger partial charge in [0.15, 0.2) is 0 Å². The minimum absolute atomic E-state index is 0.203. The molecule has 0 aromatic heterocycles. The highest BCUT2D eigenvalue weighted by Gasteiger charge is 2.10. The summed E-state index contributed by atoms with van der Waals surface area (Å²) in [5.74, 6) is 0.203. The third kappa shape index (κ3) is 7.37. The predicted molar refractivity (Wildman–Crippen MR) is 72.0 cm³/mol. The number of carbonyl (C=O) groups excluding carboxylic acids is 1. The Kier molecular flexibility index (Phi) is 8.06. The molecule has 1 aliphatic rings. The fourth-order valence-electron chi connectivity index (χ4n) is 2.39. The molecule has 1 fully saturated rings. The topological polar surface area (TPSA) is 41.1 Å². The lowest BCUT2D eigenvalue weighted by Gasteiger charge is -2.16. The van der Waals surface area contributed by atoms with Crippen molar-refractivity contribution in [2.24, 2.45) is 0 Å². The van der Waals surface area contributed by atoms with Gasteiger partial charge in [-0.1, -0.05) is 39.0 Å². The molecule has 3 nitrogen and oxygen atoms in total. The SMILES string of the molecule is CCCCC(=O)NCCNC1CCCCCC1. The van der Waals surface area contributed by atoms with E-state index in [4.69, 9.17) is 0 Å². The fourth-order valence-corrected chi connectivity index (χ4v) is 2.39. The van der Waals surface area contributed by atoms with E-state index in [-0.39, 0.29) is 5.91 Å². The Hall–Kier alpha value is -0.570. The third-order valence-corrected chi connectivity index (χ3v) is 3.49. The number of amides is 1. The summed E-state index contributed by atoms with van der Waals surface area (Å²) < 4.78 is 0. The smallest absolute Gasteiger partial charge is 0.220 e. The van der Waals surface area contributed by atoms with Gasteiger partial charge in [-0.25, -0.2) is 0 Å². The second kappa shape index (κ2) is 9.46. The van der Waals surface area contributed by atoms with Crippen LogP contribution >= 0.6 is 0 Å². The van der Waals surface area contributed by atoms with Crippen LogP contribution in [0.2, 0.25) is 0 Å². The molecule has 0 aromatic rings. The monoisotopic (exact) mass is 240 g/mol. The Balaban J connectivity index is 1.97. The molecular weight excluding hydrogens is 212 g/mol. The van der Waals surface area contributed by atoms with Crippen molar-refractivity contribution >= 4 is 5.91 Å². The third-order valence-electron chi connectivity index (χ3n) is 3.49. The lowest BCUT2D eigenvalue weighted by atomic mass is 10.1. The minimum Gasteiger partial charge on any atom is -0.355 e. The van der Waals surface area contributed by atoms with Gasteiger partial charge >= 0.3 is 0 Å². The minimum atomic E-state index is 0.203. The number of carbonyl (C=O) groups is 1. The molecule has 0 saturated heterocycles. The highest BCUT2D eigenvalue weighted by molar-refractivity contribution is 5.75. The standard InChI is InChI=1S/C14H28N2O/c1-2-3-10-14(17)16-12-11-15-13-8-6-4-5-7-9-13/h13,15H,2-12H2,1H3,(H,16,17). The van der Waals surface area contributed by atoms with Crippen molar-refractivity contribution in [1.82, 2.24) is 10.6 Å². The van der Waals surface area contributed by atoms with E-state index in [1.165, 1.54) is 38.5 Å². The summed E-state index contributed by atoms with van der Waals surface area (Å²) >= 11 is 0. The van der Waals surface area contributed by atoms with Gasteiger partial charge < -0.3 is 10.6 Å². The van der Waals surface area contributed by atoms with Crippen molar-refractivity contribution in [2.75, 3.05) is 13.1 Å². The molecule has 17 heavy (non-hydrogen) atoms. The summed E-state index contributed by atoms with van der Waals surface area (Å²) in [5, 5.41) is 6.53. The van der Waals surface area contributed by atoms with Crippen LogP contribution in [0, 0.1) is 0 Å². The zero-order valence-electron chi connectivity index (χ0n) is 11.3. The van der Waals surface area contributed by atoms with Gasteiger partial charge in [0, 0.05) is 25.6 Å². The van der Waals surface area contributed by atoms with Crippen molar-refractivity contribution in [3.63, 3.8) is 0 Å². The second-order valence-electron chi connectivity index (χ2n) is 5.10. The zero-order valence-corrected chi connectivity index (χ0v) is 11.3. The molecule has 0 atom stereocenters. The van der Waals surface area contributed by atoms with Gasteiger partial charge in [-0.2, -0.15) is 0 Å². The van der Waals surface area contributed by atoms with Crippen LogP contribution < -0.4 is 10.6 Å². The summed E-state index contributed by atoms with van der Waals surface area (Å²) in [5.41, 5.74) is 0. The van der Waals surface area contributed by atoms with E-state index >= 15 is 0 Å². The highest BCUT2D eigenvalue weighted by Crippen LogP contribution is 2.16. The molecule has 3 heteroatoms. The van der Waals surface area contributed by atoms with Crippen molar-refractivity contribution < 1.29 is 4.79 Å². The fraction of sp³-hybridized carbons (Fsp3) is 0.929. The molecule has 1 saturated carbocycles. The molecule has 0 heterocycles. The molecule has 0 unspecified atom stereocenters. The van der Waals surface area contributed by atoms with E-state index in [0.717, 1.165) is 25.9 Å². The van der Waals surface area contributed by atoms with Crippen LogP contribution in [-0.2, 0) is 4.79 Å². The number of hydrogen-bond donors (Lipinski definition) is 2. The first kappa shape index (κ1) is 14.5. The van der Waals surface area contributed by atoms with Crippen LogP contribution in [0.4, 0.5) is 0 Å². The summed E-state index contributed by atoms with van der Waals surface area (Å²) in [4.78, 5) is 11.4. The Morgan fingerprint density at radius 2 is 1.82 bits per heavy atom. The molecule has 100 valence electrons. The lowest BCUT2D eigenvalue weighted by molar-refractivity contribution is -0.121. The normalized spacial score (nSPS) is 17.7. The van der Waals surface area contributed by atoms with E-state index in [1.54, 1.807) is 0 Å². The molecule has 2 N–H and O–H groups in total. The zero-order chi connectivity index (χ0) is 12.3. The Morgan fingerprint density at radius 1 is 1.12 bits per heavy atom. The average molecular weight is 240 g/mol. The molecule has 1 aliphatic carbocycles. The van der Waals surface area contributed by atoms with Crippen LogP contribution in [0.3, 0.4) is 0 Å². The van der Waals surface area contributed by atoms with Crippen LogP contribution in [0.25, 0.3) is 0 Å². The van der Waals surface area contributed by atoms with Crippen molar-refractivity contribution in [1.29, 1.82) is 0 Å². The summed E-state index contributed by atoms with van der Waals surface area (Å²) in [7, 11) is 0. The number of rotatable bonds is 7. The van der Waals surface area contributed by atoms with Crippen molar-refractivity contribution in [3.05, 3.63) is 0 Å². The van der Waals surface area contributed by atoms with Gasteiger partial charge in [0.1, 0.15) is 0 Å². The molecular formula is C14H28N2O. The molecule has 0 radical (unpaired) electrons. The lowest BCUT2D eigenvalue weighted by Crippen LogP contribution is -2.36. The maximum atomic E-state index is 11.4. The molecule has 0 aliphatic heterocycles. The van der Waals surface area contributed by atoms with E-state index < -0.39 is 0 Å². The first-order valence-electron chi connectivity index (χ1n) is 7.33. The van der Waals surface area contributed by atoms with Gasteiger partial charge in [-0.15, -0.1) is 0 Å².